The number of amides is 1. The zero-order valence-electron chi connectivity index (χ0n) is 9.49. The minimum absolute atomic E-state index is 0.0533. The summed E-state index contributed by atoms with van der Waals surface area (Å²) in [6.45, 7) is 0. The second kappa shape index (κ2) is 5.44. The van der Waals surface area contributed by atoms with Crippen LogP contribution < -0.4 is 10.9 Å². The summed E-state index contributed by atoms with van der Waals surface area (Å²) in [4.78, 5) is 40.2. The molecule has 0 spiro atoms. The normalized spacial score (nSPS) is 11.8. The van der Waals surface area contributed by atoms with Gasteiger partial charge in [-0.05, 0) is 11.4 Å². The zero-order chi connectivity index (χ0) is 13.8. The third-order valence-corrected chi connectivity index (χ3v) is 3.19. The summed E-state index contributed by atoms with van der Waals surface area (Å²) in [5.41, 5.74) is -0.494. The molecule has 0 aromatic carbocycles. The van der Waals surface area contributed by atoms with Crippen LogP contribution in [0.5, 0.6) is 0 Å². The molecule has 0 bridgehead atoms. The molecule has 2 aromatic heterocycles. The lowest BCUT2D eigenvalue weighted by molar-refractivity contribution is -0.139. The molecule has 19 heavy (non-hydrogen) atoms. The number of thiophene rings is 1. The van der Waals surface area contributed by atoms with Crippen LogP contribution >= 0.6 is 11.3 Å². The van der Waals surface area contributed by atoms with Crippen molar-refractivity contribution >= 4 is 23.2 Å². The van der Waals surface area contributed by atoms with Crippen molar-refractivity contribution in [3.8, 4) is 0 Å². The van der Waals surface area contributed by atoms with Crippen LogP contribution in [0, 0.1) is 0 Å². The molecule has 1 amide bonds. The van der Waals surface area contributed by atoms with E-state index in [1.165, 1.54) is 11.3 Å². The maximum Gasteiger partial charge on any atom is 0.331 e. The molecule has 3 N–H and O–H groups in total. The van der Waals surface area contributed by atoms with Crippen LogP contribution in [0.4, 0.5) is 0 Å². The van der Waals surface area contributed by atoms with Crippen LogP contribution in [0.3, 0.4) is 0 Å². The van der Waals surface area contributed by atoms with Crippen molar-refractivity contribution in [2.45, 2.75) is 6.04 Å². The average Bonchev–Trinajstić information content (AvgIpc) is 2.89. The van der Waals surface area contributed by atoms with E-state index in [2.05, 4.69) is 15.3 Å². The van der Waals surface area contributed by atoms with E-state index < -0.39 is 23.5 Å². The fourth-order valence-electron chi connectivity index (χ4n) is 1.38. The van der Waals surface area contributed by atoms with Crippen molar-refractivity contribution in [1.29, 1.82) is 0 Å². The molecule has 8 heteroatoms. The molecule has 0 radical (unpaired) electrons. The first-order valence-electron chi connectivity index (χ1n) is 5.20. The van der Waals surface area contributed by atoms with E-state index in [1.54, 1.807) is 17.5 Å². The van der Waals surface area contributed by atoms with Crippen LogP contribution in [-0.4, -0.2) is 27.0 Å². The number of carboxylic acids is 1. The Labute approximate surface area is 110 Å². The number of rotatable bonds is 4. The number of hydrogen-bond acceptors (Lipinski definition) is 5. The minimum atomic E-state index is -1.17. The van der Waals surface area contributed by atoms with Crippen LogP contribution in [0.1, 0.15) is 21.4 Å². The van der Waals surface area contributed by atoms with Crippen LogP contribution in [-0.2, 0) is 4.79 Å². The lowest BCUT2D eigenvalue weighted by Crippen LogP contribution is -2.34. The smallest absolute Gasteiger partial charge is 0.331 e. The number of aromatic nitrogens is 2. The highest BCUT2D eigenvalue weighted by molar-refractivity contribution is 7.10. The molecule has 2 rings (SSSR count). The van der Waals surface area contributed by atoms with E-state index in [0.717, 1.165) is 12.4 Å². The van der Waals surface area contributed by atoms with E-state index in [-0.39, 0.29) is 5.69 Å². The number of nitrogens with zero attached hydrogens (tertiary/aromatic N) is 1. The van der Waals surface area contributed by atoms with E-state index in [4.69, 9.17) is 5.11 Å². The Morgan fingerprint density at radius 2 is 2.26 bits per heavy atom. The molecule has 0 aliphatic carbocycles. The molecule has 0 fully saturated rings. The topological polar surface area (TPSA) is 112 Å². The summed E-state index contributed by atoms with van der Waals surface area (Å²) in [7, 11) is 0. The maximum absolute atomic E-state index is 11.8. The number of nitrogens with one attached hydrogen (secondary N) is 2. The number of aliphatic carboxylic acids is 1. The molecule has 1 unspecified atom stereocenters. The fourth-order valence-corrected chi connectivity index (χ4v) is 2.15. The molecule has 0 saturated heterocycles. The van der Waals surface area contributed by atoms with E-state index in [0.29, 0.717) is 4.88 Å². The Bertz CT molecular complexity index is 630. The van der Waals surface area contributed by atoms with Crippen molar-refractivity contribution < 1.29 is 14.7 Å². The van der Waals surface area contributed by atoms with Gasteiger partial charge in [-0.15, -0.1) is 11.3 Å². The Balaban J connectivity index is 2.18. The van der Waals surface area contributed by atoms with Crippen molar-refractivity contribution in [3.63, 3.8) is 0 Å². The van der Waals surface area contributed by atoms with E-state index in [1.807, 2.05) is 0 Å². The standard InChI is InChI=1S/C11H9N3O4S/c15-8-5-12-6(4-13-8)10(16)14-9(11(17)18)7-2-1-3-19-7/h1-5,9H,(H,13,15)(H,14,16)(H,17,18). The highest BCUT2D eigenvalue weighted by Gasteiger charge is 2.24. The zero-order valence-corrected chi connectivity index (χ0v) is 10.3. The van der Waals surface area contributed by atoms with E-state index in [9.17, 15) is 14.4 Å². The van der Waals surface area contributed by atoms with Gasteiger partial charge in [-0.1, -0.05) is 6.07 Å². The highest BCUT2D eigenvalue weighted by Crippen LogP contribution is 2.19. The molecule has 98 valence electrons. The molecule has 0 saturated carbocycles. The Morgan fingerprint density at radius 3 is 2.79 bits per heavy atom. The van der Waals surface area contributed by atoms with Crippen molar-refractivity contribution in [1.82, 2.24) is 15.3 Å². The fraction of sp³-hybridized carbons (Fsp3) is 0.0909. The summed E-state index contributed by atoms with van der Waals surface area (Å²) in [6, 6.07) is 2.17. The van der Waals surface area contributed by atoms with Crippen LogP contribution in [0.2, 0.25) is 0 Å². The van der Waals surface area contributed by atoms with Crippen LogP contribution in [0.25, 0.3) is 0 Å². The molecule has 0 aliphatic heterocycles. The van der Waals surface area contributed by atoms with Crippen molar-refractivity contribution in [2.24, 2.45) is 0 Å². The maximum atomic E-state index is 11.8. The Kier molecular flexibility index (Phi) is 3.71. The van der Waals surface area contributed by atoms with E-state index >= 15 is 0 Å². The van der Waals surface area contributed by atoms with Gasteiger partial charge in [-0.2, -0.15) is 0 Å². The summed E-state index contributed by atoms with van der Waals surface area (Å²) in [6.07, 6.45) is 2.08. The number of H-pyrrole nitrogens is 1. The summed E-state index contributed by atoms with van der Waals surface area (Å²) in [5, 5.41) is 13.2. The average molecular weight is 279 g/mol. The van der Waals surface area contributed by atoms with Gasteiger partial charge in [0.05, 0.1) is 6.20 Å². The molecule has 2 heterocycles. The van der Waals surface area contributed by atoms with Gasteiger partial charge < -0.3 is 15.4 Å². The number of aromatic amines is 1. The second-order valence-electron chi connectivity index (χ2n) is 3.56. The summed E-state index contributed by atoms with van der Waals surface area (Å²) >= 11 is 1.23. The predicted octanol–water partition coefficient (Wildman–Crippen LogP) is 0.387. The van der Waals surface area contributed by atoms with Gasteiger partial charge in [0, 0.05) is 11.1 Å². The van der Waals surface area contributed by atoms with Crippen molar-refractivity contribution in [3.05, 3.63) is 50.8 Å². The summed E-state index contributed by atoms with van der Waals surface area (Å²) in [5.74, 6) is -1.84. The third kappa shape index (κ3) is 3.05. The SMILES string of the molecule is O=C(NC(C(=O)O)c1cccs1)c1c[nH]c(=O)cn1. The monoisotopic (exact) mass is 279 g/mol. The van der Waals surface area contributed by atoms with Gasteiger partial charge in [0.1, 0.15) is 5.69 Å². The highest BCUT2D eigenvalue weighted by atomic mass is 32.1. The molecule has 0 aliphatic rings. The number of carboxylic acid groups (broad SMARTS) is 1. The number of carbonyl (C=O) groups is 2. The summed E-state index contributed by atoms with van der Waals surface area (Å²) < 4.78 is 0. The first kappa shape index (κ1) is 13.0. The van der Waals surface area contributed by atoms with Gasteiger partial charge in [0.15, 0.2) is 6.04 Å². The molecular formula is C11H9N3O4S. The van der Waals surface area contributed by atoms with Gasteiger partial charge in [0.25, 0.3) is 11.5 Å². The quantitative estimate of drug-likeness (QED) is 0.749. The number of carbonyl (C=O) groups excluding carboxylic acids is 1. The molecular weight excluding hydrogens is 270 g/mol. The molecule has 1 atom stereocenters. The largest absolute Gasteiger partial charge is 0.479 e. The Hall–Kier alpha value is -2.48. The lowest BCUT2D eigenvalue weighted by atomic mass is 10.2. The van der Waals surface area contributed by atoms with Crippen LogP contribution in [0.15, 0.2) is 34.7 Å². The predicted molar refractivity (Wildman–Crippen MR) is 67.0 cm³/mol. The van der Waals surface area contributed by atoms with Gasteiger partial charge in [-0.25, -0.2) is 9.78 Å². The Morgan fingerprint density at radius 1 is 1.47 bits per heavy atom. The minimum Gasteiger partial charge on any atom is -0.479 e. The van der Waals surface area contributed by atoms with Gasteiger partial charge in [0.2, 0.25) is 0 Å². The molecule has 2 aromatic rings. The van der Waals surface area contributed by atoms with Gasteiger partial charge >= 0.3 is 5.97 Å². The number of hydrogen-bond donors (Lipinski definition) is 3. The third-order valence-electron chi connectivity index (χ3n) is 2.25. The first-order chi connectivity index (χ1) is 9.08. The van der Waals surface area contributed by atoms with Gasteiger partial charge in [-0.3, -0.25) is 9.59 Å². The lowest BCUT2D eigenvalue weighted by Gasteiger charge is -2.12. The van der Waals surface area contributed by atoms with Crippen molar-refractivity contribution in [2.75, 3.05) is 0 Å². The first-order valence-corrected chi connectivity index (χ1v) is 6.07. The second-order valence-corrected chi connectivity index (χ2v) is 4.54. The molecule has 7 nitrogen and oxygen atoms in total.